The molecule has 0 amide bonds. The number of allylic oxidation sites excluding steroid dienone is 10. The van der Waals surface area contributed by atoms with Gasteiger partial charge in [-0.25, -0.2) is 4.79 Å². The van der Waals surface area contributed by atoms with Gasteiger partial charge in [-0.2, -0.15) is 0 Å². The summed E-state index contributed by atoms with van der Waals surface area (Å²) in [5.74, 6) is 5.74. The van der Waals surface area contributed by atoms with E-state index in [1.54, 1.807) is 11.6 Å². The van der Waals surface area contributed by atoms with Gasteiger partial charge in [-0.15, -0.1) is 0 Å². The van der Waals surface area contributed by atoms with Crippen LogP contribution in [0, 0.1) is 57.7 Å². The molecule has 0 radical (unpaired) electrons. The maximum atomic E-state index is 13.1. The van der Waals surface area contributed by atoms with Crippen molar-refractivity contribution < 1.29 is 9.53 Å². The van der Waals surface area contributed by atoms with Crippen LogP contribution in [0.1, 0.15) is 166 Å². The third-order valence-electron chi connectivity index (χ3n) is 15.7. The number of carbonyl (C=O) groups excluding carboxylic acids is 1. The van der Waals surface area contributed by atoms with E-state index in [9.17, 15) is 4.79 Å². The van der Waals surface area contributed by atoms with Gasteiger partial charge in [0, 0.05) is 12.5 Å². The summed E-state index contributed by atoms with van der Waals surface area (Å²) >= 11 is 0. The minimum atomic E-state index is -0.194. The van der Waals surface area contributed by atoms with Crippen molar-refractivity contribution in [3.8, 4) is 0 Å². The molecule has 0 aliphatic heterocycles. The van der Waals surface area contributed by atoms with Crippen LogP contribution in [0.5, 0.6) is 0 Å². The van der Waals surface area contributed by atoms with E-state index in [1.165, 1.54) is 87.3 Å². The van der Waals surface area contributed by atoms with Gasteiger partial charge >= 0.3 is 5.97 Å². The van der Waals surface area contributed by atoms with Crippen LogP contribution in [-0.2, 0) is 9.53 Å². The van der Waals surface area contributed by atoms with Gasteiger partial charge in [0.15, 0.2) is 0 Å². The predicted molar refractivity (Wildman–Crippen MR) is 218 cm³/mol. The Morgan fingerprint density at radius 1 is 0.941 bits per heavy atom. The van der Waals surface area contributed by atoms with Crippen LogP contribution < -0.4 is 0 Å². The van der Waals surface area contributed by atoms with Crippen molar-refractivity contribution >= 4 is 5.97 Å². The van der Waals surface area contributed by atoms with Gasteiger partial charge < -0.3 is 4.74 Å². The number of carbonyl (C=O) groups is 1. The molecule has 0 aromatic carbocycles. The first kappa shape index (κ1) is 40.1. The zero-order valence-electron chi connectivity index (χ0n) is 34.9. The van der Waals surface area contributed by atoms with E-state index in [2.05, 4.69) is 99.6 Å². The Labute approximate surface area is 314 Å². The van der Waals surface area contributed by atoms with Gasteiger partial charge in [0.05, 0.1) is 0 Å². The second kappa shape index (κ2) is 16.5. The Morgan fingerprint density at radius 2 is 1.71 bits per heavy atom. The van der Waals surface area contributed by atoms with E-state index >= 15 is 0 Å². The van der Waals surface area contributed by atoms with Gasteiger partial charge in [-0.05, 0) is 160 Å². The standard InChI is InChI=1S/C49H76O2/c1-12-38(33(2)3)20-19-37(7)43-24-25-44-41-22-21-39-32-40(26-29-48(39,10)45(41)27-30-49(43,44)11)51-46(50)31-35(5)16-13-15-34(4)18-23-42-36(6)17-14-28-47(42,8)9/h13,15-16,18,21,23,31,33,37-38,40-41,43-45H,12,14,17,19-20,22,24-30,32H2,1-11H3/t37-,38-,40-,41+,43-,44+,45+,48+,49-/m1/s1. The van der Waals surface area contributed by atoms with Crippen molar-refractivity contribution in [2.75, 3.05) is 0 Å². The zero-order chi connectivity index (χ0) is 37.1. The lowest BCUT2D eigenvalue weighted by Gasteiger charge is -2.58. The molecule has 0 saturated heterocycles. The lowest BCUT2D eigenvalue weighted by Crippen LogP contribution is -2.51. The summed E-state index contributed by atoms with van der Waals surface area (Å²) in [5.41, 5.74) is 7.79. The number of fused-ring (bicyclic) bond motifs is 5. The van der Waals surface area contributed by atoms with E-state index in [0.717, 1.165) is 66.3 Å². The Kier molecular flexibility index (Phi) is 13.0. The van der Waals surface area contributed by atoms with E-state index < -0.39 is 0 Å². The molecule has 284 valence electrons. The fourth-order valence-corrected chi connectivity index (χ4v) is 12.5. The highest BCUT2D eigenvalue weighted by molar-refractivity contribution is 5.83. The smallest absolute Gasteiger partial charge is 0.331 e. The summed E-state index contributed by atoms with van der Waals surface area (Å²) in [6, 6.07) is 0. The molecular weight excluding hydrogens is 621 g/mol. The molecule has 0 aromatic rings. The molecule has 51 heavy (non-hydrogen) atoms. The predicted octanol–water partition coefficient (Wildman–Crippen LogP) is 14.1. The van der Waals surface area contributed by atoms with Crippen LogP contribution in [0.3, 0.4) is 0 Å². The molecule has 0 spiro atoms. The average Bonchev–Trinajstić information content (AvgIpc) is 3.41. The fourth-order valence-electron chi connectivity index (χ4n) is 12.5. The van der Waals surface area contributed by atoms with Gasteiger partial charge in [-0.3, -0.25) is 0 Å². The summed E-state index contributed by atoms with van der Waals surface area (Å²) in [7, 11) is 0. The van der Waals surface area contributed by atoms with Crippen molar-refractivity contribution in [1.82, 2.24) is 0 Å². The molecule has 2 heteroatoms. The van der Waals surface area contributed by atoms with Crippen LogP contribution in [-0.4, -0.2) is 12.1 Å². The van der Waals surface area contributed by atoms with Crippen LogP contribution in [0.25, 0.3) is 0 Å². The Bertz CT molecular complexity index is 1430. The summed E-state index contributed by atoms with van der Waals surface area (Å²) in [6.45, 7) is 26.3. The van der Waals surface area contributed by atoms with E-state index in [1.807, 2.05) is 13.0 Å². The van der Waals surface area contributed by atoms with E-state index in [0.29, 0.717) is 5.41 Å². The highest BCUT2D eigenvalue weighted by atomic mass is 16.5. The maximum absolute atomic E-state index is 13.1. The summed E-state index contributed by atoms with van der Waals surface area (Å²) in [5, 5.41) is 0. The number of rotatable bonds is 12. The Morgan fingerprint density at radius 3 is 2.41 bits per heavy atom. The minimum Gasteiger partial charge on any atom is -0.459 e. The molecule has 9 atom stereocenters. The third-order valence-corrected chi connectivity index (χ3v) is 15.7. The van der Waals surface area contributed by atoms with Crippen molar-refractivity contribution in [3.05, 3.63) is 70.4 Å². The first-order valence-corrected chi connectivity index (χ1v) is 21.4. The first-order chi connectivity index (χ1) is 24.1. The van der Waals surface area contributed by atoms with Gasteiger partial charge in [0.25, 0.3) is 0 Å². The number of esters is 1. The molecule has 5 rings (SSSR count). The molecule has 0 bridgehead atoms. The van der Waals surface area contributed by atoms with Gasteiger partial charge in [0.1, 0.15) is 6.10 Å². The normalized spacial score (nSPS) is 35.5. The average molecular weight is 697 g/mol. The highest BCUT2D eigenvalue weighted by Crippen LogP contribution is 2.67. The minimum absolute atomic E-state index is 0.00108. The number of ether oxygens (including phenoxy) is 1. The number of hydrogen-bond acceptors (Lipinski definition) is 2. The lowest BCUT2D eigenvalue weighted by atomic mass is 9.47. The summed E-state index contributed by atoms with van der Waals surface area (Å²) < 4.78 is 6.12. The lowest BCUT2D eigenvalue weighted by molar-refractivity contribution is -0.145. The second-order valence-corrected chi connectivity index (χ2v) is 19.7. The monoisotopic (exact) mass is 697 g/mol. The molecule has 2 nitrogen and oxygen atoms in total. The molecule has 0 heterocycles. The van der Waals surface area contributed by atoms with Crippen molar-refractivity contribution in [3.63, 3.8) is 0 Å². The van der Waals surface area contributed by atoms with Crippen molar-refractivity contribution in [1.29, 1.82) is 0 Å². The molecule has 0 unspecified atom stereocenters. The first-order valence-electron chi connectivity index (χ1n) is 21.4. The molecular formula is C49H76O2. The quantitative estimate of drug-likeness (QED) is 0.0879. The summed E-state index contributed by atoms with van der Waals surface area (Å²) in [6.07, 6.45) is 33.0. The van der Waals surface area contributed by atoms with Gasteiger partial charge in [-0.1, -0.05) is 121 Å². The molecule has 5 aliphatic carbocycles. The van der Waals surface area contributed by atoms with Crippen molar-refractivity contribution in [2.24, 2.45) is 57.7 Å². The Balaban J connectivity index is 1.15. The molecule has 0 N–H and O–H groups in total. The van der Waals surface area contributed by atoms with Crippen LogP contribution in [0.2, 0.25) is 0 Å². The summed E-state index contributed by atoms with van der Waals surface area (Å²) in [4.78, 5) is 13.1. The second-order valence-electron chi connectivity index (χ2n) is 19.7. The Hall–Kier alpha value is -2.09. The van der Waals surface area contributed by atoms with Crippen molar-refractivity contribution in [2.45, 2.75) is 172 Å². The molecule has 3 saturated carbocycles. The maximum Gasteiger partial charge on any atom is 0.331 e. The van der Waals surface area contributed by atoms with E-state index in [-0.39, 0.29) is 22.9 Å². The highest BCUT2D eigenvalue weighted by Gasteiger charge is 2.59. The molecule has 0 aromatic heterocycles. The molecule has 5 aliphatic rings. The van der Waals surface area contributed by atoms with Crippen LogP contribution in [0.4, 0.5) is 0 Å². The topological polar surface area (TPSA) is 26.3 Å². The third kappa shape index (κ3) is 8.83. The number of hydrogen-bond donors (Lipinski definition) is 0. The van der Waals surface area contributed by atoms with Crippen LogP contribution >= 0.6 is 0 Å². The van der Waals surface area contributed by atoms with Crippen LogP contribution in [0.15, 0.2) is 70.4 Å². The SMILES string of the molecule is CC[C@H](CC[C@@H](C)[C@H]1CC[C@H]2[C@@H]3CC=C4C[C@H](OC(=O)C=C(C)C=CC=C(C)C=CC5=C(C)CCCC5(C)C)CC[C@]4(C)[C@H]3CC[C@]12C)C(C)C. The zero-order valence-corrected chi connectivity index (χ0v) is 34.9. The molecule has 3 fully saturated rings. The largest absolute Gasteiger partial charge is 0.459 e. The fraction of sp³-hybridized carbons (Fsp3) is 0.735. The van der Waals surface area contributed by atoms with Gasteiger partial charge in [0.2, 0.25) is 0 Å². The van der Waals surface area contributed by atoms with E-state index in [4.69, 9.17) is 4.74 Å².